The van der Waals surface area contributed by atoms with Gasteiger partial charge >= 0.3 is 5.97 Å². The Labute approximate surface area is 88.7 Å². The van der Waals surface area contributed by atoms with Crippen molar-refractivity contribution in [3.05, 3.63) is 0 Å². The van der Waals surface area contributed by atoms with Crippen molar-refractivity contribution in [2.24, 2.45) is 11.8 Å². The molecule has 0 amide bonds. The number of aliphatic carboxylic acids is 1. The molecule has 0 atom stereocenters. The minimum Gasteiger partial charge on any atom is -0.481 e. The van der Waals surface area contributed by atoms with Crippen molar-refractivity contribution in [1.82, 2.24) is 0 Å². The van der Waals surface area contributed by atoms with Crippen molar-refractivity contribution in [2.45, 2.75) is 39.0 Å². The fraction of sp³-hybridized carbons (Fsp3) is 0.727. The summed E-state index contributed by atoms with van der Waals surface area (Å²) in [5.74, 6) is -1.30. The first-order chi connectivity index (χ1) is 7.00. The summed E-state index contributed by atoms with van der Waals surface area (Å²) in [6.45, 7) is 1.40. The summed E-state index contributed by atoms with van der Waals surface area (Å²) in [5.41, 5.74) is 0. The van der Waals surface area contributed by atoms with Gasteiger partial charge in [0.1, 0.15) is 11.6 Å². The fourth-order valence-corrected chi connectivity index (χ4v) is 2.05. The first-order valence-electron chi connectivity index (χ1n) is 5.25. The number of hydrogen-bond acceptors (Lipinski definition) is 3. The highest BCUT2D eigenvalue weighted by molar-refractivity contribution is 5.99. The van der Waals surface area contributed by atoms with Crippen LogP contribution in [-0.4, -0.2) is 22.6 Å². The Morgan fingerprint density at radius 2 is 1.53 bits per heavy atom. The van der Waals surface area contributed by atoms with Crippen LogP contribution in [0, 0.1) is 11.8 Å². The van der Waals surface area contributed by atoms with E-state index in [2.05, 4.69) is 0 Å². The normalized spacial score (nSPS) is 25.9. The average molecular weight is 212 g/mol. The molecular weight excluding hydrogens is 196 g/mol. The van der Waals surface area contributed by atoms with Crippen molar-refractivity contribution in [3.63, 3.8) is 0 Å². The summed E-state index contributed by atoms with van der Waals surface area (Å²) in [7, 11) is 0. The molecule has 1 saturated carbocycles. The lowest BCUT2D eigenvalue weighted by molar-refractivity contribution is -0.144. The van der Waals surface area contributed by atoms with Crippen molar-refractivity contribution < 1.29 is 19.5 Å². The third-order valence-corrected chi connectivity index (χ3v) is 2.95. The number of Topliss-reactive ketones (excluding diaryl/α,β-unsaturated/α-hetero) is 2. The van der Waals surface area contributed by atoms with E-state index in [1.54, 1.807) is 0 Å². The fourth-order valence-electron chi connectivity index (χ4n) is 2.05. The lowest BCUT2D eigenvalue weighted by atomic mass is 9.79. The van der Waals surface area contributed by atoms with E-state index < -0.39 is 5.97 Å². The van der Waals surface area contributed by atoms with Gasteiger partial charge in [0.15, 0.2) is 0 Å². The number of hydrogen-bond donors (Lipinski definition) is 1. The molecule has 0 aromatic heterocycles. The summed E-state index contributed by atoms with van der Waals surface area (Å²) in [6, 6.07) is 0. The van der Waals surface area contributed by atoms with Gasteiger partial charge in [-0.25, -0.2) is 0 Å². The maximum atomic E-state index is 11.5. The van der Waals surface area contributed by atoms with Crippen LogP contribution in [-0.2, 0) is 14.4 Å². The highest BCUT2D eigenvalue weighted by Crippen LogP contribution is 2.30. The molecule has 1 fully saturated rings. The number of carboxylic acid groups (broad SMARTS) is 1. The molecule has 0 unspecified atom stereocenters. The van der Waals surface area contributed by atoms with E-state index in [0.717, 1.165) is 0 Å². The summed E-state index contributed by atoms with van der Waals surface area (Å²) in [4.78, 5) is 32.9. The predicted octanol–water partition coefficient (Wildman–Crippen LogP) is 1.43. The van der Waals surface area contributed by atoms with Crippen molar-refractivity contribution >= 4 is 17.5 Å². The van der Waals surface area contributed by atoms with E-state index in [9.17, 15) is 14.4 Å². The molecule has 0 saturated heterocycles. The lowest BCUT2D eigenvalue weighted by Gasteiger charge is -2.24. The maximum Gasteiger partial charge on any atom is 0.306 e. The molecule has 0 aliphatic heterocycles. The minimum absolute atomic E-state index is 0.00239. The summed E-state index contributed by atoms with van der Waals surface area (Å²) in [5, 5.41) is 8.77. The van der Waals surface area contributed by atoms with Crippen LogP contribution in [0.5, 0.6) is 0 Å². The van der Waals surface area contributed by atoms with Crippen LogP contribution >= 0.6 is 0 Å². The van der Waals surface area contributed by atoms with Gasteiger partial charge in [0.25, 0.3) is 0 Å². The van der Waals surface area contributed by atoms with E-state index in [1.807, 2.05) is 0 Å². The third-order valence-electron chi connectivity index (χ3n) is 2.95. The van der Waals surface area contributed by atoms with Gasteiger partial charge < -0.3 is 5.11 Å². The molecule has 0 radical (unpaired) electrons. The molecule has 1 aliphatic rings. The zero-order chi connectivity index (χ0) is 11.4. The number of carbonyl (C=O) groups excluding carboxylic acids is 2. The van der Waals surface area contributed by atoms with E-state index in [-0.39, 0.29) is 29.8 Å². The van der Waals surface area contributed by atoms with Crippen molar-refractivity contribution in [1.29, 1.82) is 0 Å². The number of carboxylic acids is 1. The van der Waals surface area contributed by atoms with Gasteiger partial charge in [-0.05, 0) is 32.6 Å². The standard InChI is InChI=1S/C11H16O4/c1-7(12)6-10(13)8-2-4-9(5-3-8)11(14)15/h8-9H,2-6H2,1H3,(H,14,15). The molecule has 15 heavy (non-hydrogen) atoms. The Hall–Kier alpha value is -1.19. The highest BCUT2D eigenvalue weighted by atomic mass is 16.4. The zero-order valence-corrected chi connectivity index (χ0v) is 8.86. The van der Waals surface area contributed by atoms with Gasteiger partial charge in [-0.3, -0.25) is 14.4 Å². The Morgan fingerprint density at radius 3 is 1.93 bits per heavy atom. The van der Waals surface area contributed by atoms with E-state index in [1.165, 1.54) is 6.92 Å². The molecule has 0 bridgehead atoms. The zero-order valence-electron chi connectivity index (χ0n) is 8.86. The monoisotopic (exact) mass is 212 g/mol. The van der Waals surface area contributed by atoms with Crippen LogP contribution in [0.15, 0.2) is 0 Å². The summed E-state index contributed by atoms with van der Waals surface area (Å²) >= 11 is 0. The Bertz CT molecular complexity index is 274. The van der Waals surface area contributed by atoms with Gasteiger partial charge in [0, 0.05) is 5.92 Å². The van der Waals surface area contributed by atoms with E-state index in [0.29, 0.717) is 25.7 Å². The minimum atomic E-state index is -0.771. The second-order valence-electron chi connectivity index (χ2n) is 4.23. The molecule has 0 spiro atoms. The van der Waals surface area contributed by atoms with E-state index >= 15 is 0 Å². The molecular formula is C11H16O4. The molecule has 1 aliphatic carbocycles. The number of carbonyl (C=O) groups is 3. The molecule has 0 aromatic carbocycles. The largest absolute Gasteiger partial charge is 0.481 e. The molecule has 84 valence electrons. The predicted molar refractivity (Wildman–Crippen MR) is 53.4 cm³/mol. The molecule has 0 heterocycles. The van der Waals surface area contributed by atoms with Crippen molar-refractivity contribution in [3.8, 4) is 0 Å². The van der Waals surface area contributed by atoms with Gasteiger partial charge in [0.2, 0.25) is 0 Å². The van der Waals surface area contributed by atoms with Crippen LogP contribution in [0.2, 0.25) is 0 Å². The van der Waals surface area contributed by atoms with Crippen LogP contribution in [0.3, 0.4) is 0 Å². The number of ketones is 2. The molecule has 1 N–H and O–H groups in total. The smallest absolute Gasteiger partial charge is 0.306 e. The Morgan fingerprint density at radius 1 is 1.07 bits per heavy atom. The molecule has 4 heteroatoms. The second-order valence-corrected chi connectivity index (χ2v) is 4.23. The van der Waals surface area contributed by atoms with Gasteiger partial charge in [-0.2, -0.15) is 0 Å². The van der Waals surface area contributed by atoms with Gasteiger partial charge in [-0.1, -0.05) is 0 Å². The molecule has 1 rings (SSSR count). The molecule has 4 nitrogen and oxygen atoms in total. The summed E-state index contributed by atoms with van der Waals surface area (Å²) < 4.78 is 0. The Kier molecular flexibility index (Phi) is 4.00. The SMILES string of the molecule is CC(=O)CC(=O)C1CCC(C(=O)O)CC1. The third kappa shape index (κ3) is 3.46. The topological polar surface area (TPSA) is 71.4 Å². The quantitative estimate of drug-likeness (QED) is 0.715. The van der Waals surface area contributed by atoms with Crippen LogP contribution in [0.4, 0.5) is 0 Å². The first-order valence-corrected chi connectivity index (χ1v) is 5.25. The van der Waals surface area contributed by atoms with Crippen LogP contribution < -0.4 is 0 Å². The lowest BCUT2D eigenvalue weighted by Crippen LogP contribution is -2.26. The summed E-state index contributed by atoms with van der Waals surface area (Å²) in [6.07, 6.45) is 2.35. The highest BCUT2D eigenvalue weighted by Gasteiger charge is 2.29. The Balaban J connectivity index is 2.40. The van der Waals surface area contributed by atoms with Gasteiger partial charge in [0.05, 0.1) is 12.3 Å². The average Bonchev–Trinajstić information content (AvgIpc) is 2.17. The van der Waals surface area contributed by atoms with Crippen LogP contribution in [0.1, 0.15) is 39.0 Å². The maximum absolute atomic E-state index is 11.5. The second kappa shape index (κ2) is 5.05. The first kappa shape index (κ1) is 11.9. The molecule has 0 aromatic rings. The van der Waals surface area contributed by atoms with Crippen LogP contribution in [0.25, 0.3) is 0 Å². The van der Waals surface area contributed by atoms with Gasteiger partial charge in [-0.15, -0.1) is 0 Å². The van der Waals surface area contributed by atoms with Crippen molar-refractivity contribution in [2.75, 3.05) is 0 Å². The number of rotatable bonds is 4. The van der Waals surface area contributed by atoms with E-state index in [4.69, 9.17) is 5.11 Å².